The van der Waals surface area contributed by atoms with Crippen molar-refractivity contribution in [3.63, 3.8) is 0 Å². The molecule has 1 aliphatic rings. The molecule has 1 aliphatic carbocycles. The first kappa shape index (κ1) is 9.71. The van der Waals surface area contributed by atoms with Gasteiger partial charge >= 0.3 is 5.97 Å². The number of carboxylic acids is 1. The summed E-state index contributed by atoms with van der Waals surface area (Å²) in [5.41, 5.74) is 1.08. The summed E-state index contributed by atoms with van der Waals surface area (Å²) >= 11 is 3.43. The van der Waals surface area contributed by atoms with Crippen LogP contribution >= 0.6 is 15.9 Å². The highest BCUT2D eigenvalue weighted by Gasteiger charge is 2.28. The molecule has 0 radical (unpaired) electrons. The Morgan fingerprint density at radius 3 is 3.00 bits per heavy atom. The van der Waals surface area contributed by atoms with Gasteiger partial charge in [-0.05, 0) is 28.8 Å². The molecule has 0 aromatic carbocycles. The lowest BCUT2D eigenvalue weighted by atomic mass is 10.3. The molecule has 0 bridgehead atoms. The van der Waals surface area contributed by atoms with Gasteiger partial charge in [-0.3, -0.25) is 9.48 Å². The third-order valence-electron chi connectivity index (χ3n) is 2.26. The molecule has 76 valence electrons. The minimum atomic E-state index is -0.787. The van der Waals surface area contributed by atoms with Gasteiger partial charge in [0.05, 0.1) is 23.1 Å². The van der Waals surface area contributed by atoms with Crippen LogP contribution in [0.5, 0.6) is 0 Å². The molecule has 1 saturated carbocycles. The van der Waals surface area contributed by atoms with E-state index in [0.29, 0.717) is 12.5 Å². The maximum absolute atomic E-state index is 10.4. The van der Waals surface area contributed by atoms with Gasteiger partial charge in [0, 0.05) is 12.1 Å². The second-order valence-electron chi connectivity index (χ2n) is 3.54. The van der Waals surface area contributed by atoms with E-state index in [2.05, 4.69) is 21.0 Å². The fourth-order valence-corrected chi connectivity index (χ4v) is 2.01. The largest absolute Gasteiger partial charge is 0.481 e. The van der Waals surface area contributed by atoms with Gasteiger partial charge < -0.3 is 5.11 Å². The van der Waals surface area contributed by atoms with E-state index < -0.39 is 5.97 Å². The molecule has 0 unspecified atom stereocenters. The van der Waals surface area contributed by atoms with Gasteiger partial charge in [0.25, 0.3) is 0 Å². The molecule has 0 saturated heterocycles. The number of aromatic nitrogens is 2. The molecule has 0 atom stereocenters. The summed E-state index contributed by atoms with van der Waals surface area (Å²) in [7, 11) is 0. The molecular formula is C9H11BrN2O2. The molecule has 4 nitrogen and oxygen atoms in total. The molecule has 5 heteroatoms. The van der Waals surface area contributed by atoms with Gasteiger partial charge in [-0.2, -0.15) is 5.10 Å². The number of aryl methyl sites for hydroxylation is 1. The van der Waals surface area contributed by atoms with Crippen molar-refractivity contribution >= 4 is 21.9 Å². The summed E-state index contributed by atoms with van der Waals surface area (Å²) in [6, 6.07) is 0. The predicted octanol–water partition coefficient (Wildman–Crippen LogP) is 2.00. The smallest absolute Gasteiger partial charge is 0.305 e. The zero-order valence-corrected chi connectivity index (χ0v) is 9.20. The third-order valence-corrected chi connectivity index (χ3v) is 2.87. The average Bonchev–Trinajstić information content (AvgIpc) is 2.88. The minimum absolute atomic E-state index is 0.123. The molecule has 1 aromatic heterocycles. The van der Waals surface area contributed by atoms with E-state index in [4.69, 9.17) is 5.11 Å². The number of hydrogen-bond donors (Lipinski definition) is 1. The summed E-state index contributed by atoms with van der Waals surface area (Å²) in [6.07, 6.45) is 4.39. The first-order chi connectivity index (χ1) is 6.66. The first-order valence-electron chi connectivity index (χ1n) is 4.61. The molecule has 14 heavy (non-hydrogen) atoms. The van der Waals surface area contributed by atoms with Crippen LogP contribution in [0.2, 0.25) is 0 Å². The summed E-state index contributed by atoms with van der Waals surface area (Å²) in [5, 5.41) is 12.9. The highest BCUT2D eigenvalue weighted by molar-refractivity contribution is 9.10. The van der Waals surface area contributed by atoms with E-state index in [1.165, 1.54) is 12.8 Å². The Morgan fingerprint density at radius 1 is 1.71 bits per heavy atom. The Bertz CT molecular complexity index is 358. The summed E-state index contributed by atoms with van der Waals surface area (Å²) in [6.45, 7) is 0.445. The van der Waals surface area contributed by atoms with E-state index in [9.17, 15) is 4.79 Å². The summed E-state index contributed by atoms with van der Waals surface area (Å²) in [4.78, 5) is 10.4. The third kappa shape index (κ3) is 2.15. The van der Waals surface area contributed by atoms with Crippen LogP contribution in [0.3, 0.4) is 0 Å². The van der Waals surface area contributed by atoms with Crippen LogP contribution in [0.4, 0.5) is 0 Å². The topological polar surface area (TPSA) is 55.1 Å². The molecule has 2 rings (SSSR count). The zero-order valence-electron chi connectivity index (χ0n) is 7.61. The monoisotopic (exact) mass is 258 g/mol. The first-order valence-corrected chi connectivity index (χ1v) is 5.41. The highest BCUT2D eigenvalue weighted by Crippen LogP contribution is 2.42. The lowest BCUT2D eigenvalue weighted by Crippen LogP contribution is -2.05. The van der Waals surface area contributed by atoms with Crippen molar-refractivity contribution < 1.29 is 9.90 Å². The Morgan fingerprint density at radius 2 is 2.43 bits per heavy atom. The number of rotatable bonds is 4. The van der Waals surface area contributed by atoms with Gasteiger partial charge in [-0.1, -0.05) is 0 Å². The van der Waals surface area contributed by atoms with Gasteiger partial charge in [0.15, 0.2) is 0 Å². The van der Waals surface area contributed by atoms with E-state index in [1.807, 2.05) is 6.20 Å². The Hall–Kier alpha value is -0.840. The van der Waals surface area contributed by atoms with Gasteiger partial charge in [0.2, 0.25) is 0 Å². The molecular weight excluding hydrogens is 248 g/mol. The lowest BCUT2D eigenvalue weighted by Gasteiger charge is -1.96. The standard InChI is InChI=1S/C9H11BrN2O2/c10-7-5-12(4-3-8(13)14)11-9(7)6-1-2-6/h5-6H,1-4H2,(H,13,14). The average molecular weight is 259 g/mol. The molecule has 0 aliphatic heterocycles. The molecule has 0 amide bonds. The van der Waals surface area contributed by atoms with Crippen molar-refractivity contribution in [1.82, 2.24) is 9.78 Å². The van der Waals surface area contributed by atoms with Gasteiger partial charge in [-0.25, -0.2) is 0 Å². The SMILES string of the molecule is O=C(O)CCn1cc(Br)c(C2CC2)n1. The van der Waals surface area contributed by atoms with Crippen LogP contribution in [0.15, 0.2) is 10.7 Å². The quantitative estimate of drug-likeness (QED) is 0.899. The van der Waals surface area contributed by atoms with Crippen LogP contribution in [-0.4, -0.2) is 20.9 Å². The highest BCUT2D eigenvalue weighted by atomic mass is 79.9. The van der Waals surface area contributed by atoms with E-state index in [0.717, 1.165) is 10.2 Å². The van der Waals surface area contributed by atoms with Crippen LogP contribution in [-0.2, 0) is 11.3 Å². The molecule has 1 fully saturated rings. The van der Waals surface area contributed by atoms with Crippen molar-refractivity contribution in [2.45, 2.75) is 31.7 Å². The van der Waals surface area contributed by atoms with Crippen LogP contribution in [0.1, 0.15) is 30.9 Å². The van der Waals surface area contributed by atoms with Crippen molar-refractivity contribution in [2.75, 3.05) is 0 Å². The van der Waals surface area contributed by atoms with Gasteiger partial charge in [-0.15, -0.1) is 0 Å². The minimum Gasteiger partial charge on any atom is -0.481 e. The van der Waals surface area contributed by atoms with Crippen LogP contribution < -0.4 is 0 Å². The van der Waals surface area contributed by atoms with E-state index >= 15 is 0 Å². The Labute approximate surface area is 90.0 Å². The van der Waals surface area contributed by atoms with Gasteiger partial charge in [0.1, 0.15) is 0 Å². The second-order valence-corrected chi connectivity index (χ2v) is 4.40. The number of carbonyl (C=O) groups is 1. The normalized spacial score (nSPS) is 15.8. The maximum atomic E-state index is 10.4. The lowest BCUT2D eigenvalue weighted by molar-refractivity contribution is -0.137. The number of hydrogen-bond acceptors (Lipinski definition) is 2. The van der Waals surface area contributed by atoms with E-state index in [-0.39, 0.29) is 6.42 Å². The van der Waals surface area contributed by atoms with Crippen molar-refractivity contribution in [3.8, 4) is 0 Å². The van der Waals surface area contributed by atoms with Crippen LogP contribution in [0.25, 0.3) is 0 Å². The van der Waals surface area contributed by atoms with Crippen LogP contribution in [0, 0.1) is 0 Å². The van der Waals surface area contributed by atoms with Crippen molar-refractivity contribution in [1.29, 1.82) is 0 Å². The number of carboxylic acid groups (broad SMARTS) is 1. The fourth-order valence-electron chi connectivity index (χ4n) is 1.37. The Balaban J connectivity index is 2.04. The molecule has 0 spiro atoms. The Kier molecular flexibility index (Phi) is 2.58. The number of nitrogens with zero attached hydrogens (tertiary/aromatic N) is 2. The fraction of sp³-hybridized carbons (Fsp3) is 0.556. The van der Waals surface area contributed by atoms with Crippen molar-refractivity contribution in [3.05, 3.63) is 16.4 Å². The zero-order chi connectivity index (χ0) is 10.1. The number of aliphatic carboxylic acids is 1. The summed E-state index contributed by atoms with van der Waals surface area (Å²) in [5.74, 6) is -0.194. The predicted molar refractivity (Wildman–Crippen MR) is 54.2 cm³/mol. The molecule has 1 N–H and O–H groups in total. The van der Waals surface area contributed by atoms with E-state index in [1.54, 1.807) is 4.68 Å². The second kappa shape index (κ2) is 3.73. The molecule has 1 heterocycles. The number of halogens is 1. The molecule has 1 aromatic rings. The maximum Gasteiger partial charge on any atom is 0.305 e. The van der Waals surface area contributed by atoms with Crippen molar-refractivity contribution in [2.24, 2.45) is 0 Å². The summed E-state index contributed by atoms with van der Waals surface area (Å²) < 4.78 is 2.71.